The summed E-state index contributed by atoms with van der Waals surface area (Å²) in [7, 11) is 2.09. The van der Waals surface area contributed by atoms with Crippen molar-refractivity contribution < 1.29 is 4.39 Å². The molecule has 1 saturated heterocycles. The van der Waals surface area contributed by atoms with Gasteiger partial charge in [-0.15, -0.1) is 0 Å². The molecule has 1 heterocycles. The minimum Gasteiger partial charge on any atom is -0.328 e. The Balaban J connectivity index is 2.37. The molecule has 1 aliphatic heterocycles. The van der Waals surface area contributed by atoms with Crippen LogP contribution in [0.5, 0.6) is 0 Å². The predicted octanol–water partition coefficient (Wildman–Crippen LogP) is 1.71. The first kappa shape index (κ1) is 10.6. The van der Waals surface area contributed by atoms with Crippen LogP contribution in [0.15, 0.2) is 24.3 Å². The maximum atomic E-state index is 12.9. The number of hydrogen-bond acceptors (Lipinski definition) is 2. The average molecular weight is 208 g/mol. The quantitative estimate of drug-likeness (QED) is 0.801. The van der Waals surface area contributed by atoms with Crippen molar-refractivity contribution >= 4 is 0 Å². The topological polar surface area (TPSA) is 29.3 Å². The summed E-state index contributed by atoms with van der Waals surface area (Å²) >= 11 is 0. The highest BCUT2D eigenvalue weighted by Crippen LogP contribution is 2.36. The summed E-state index contributed by atoms with van der Waals surface area (Å²) in [6, 6.07) is 6.73. The molecule has 2 nitrogen and oxygen atoms in total. The van der Waals surface area contributed by atoms with Crippen LogP contribution in [0, 0.1) is 5.82 Å². The third-order valence-electron chi connectivity index (χ3n) is 3.53. The van der Waals surface area contributed by atoms with Crippen LogP contribution in [0.25, 0.3) is 0 Å². The molecule has 1 aromatic rings. The Morgan fingerprint density at radius 2 is 2.07 bits per heavy atom. The van der Waals surface area contributed by atoms with E-state index in [0.29, 0.717) is 6.54 Å². The minimum absolute atomic E-state index is 0.0757. The van der Waals surface area contributed by atoms with Crippen LogP contribution in [0.4, 0.5) is 4.39 Å². The van der Waals surface area contributed by atoms with Crippen molar-refractivity contribution in [2.75, 3.05) is 20.1 Å². The van der Waals surface area contributed by atoms with Crippen LogP contribution in [0.1, 0.15) is 18.4 Å². The highest BCUT2D eigenvalue weighted by molar-refractivity contribution is 5.27. The third kappa shape index (κ3) is 1.66. The van der Waals surface area contributed by atoms with Crippen LogP contribution in [0.3, 0.4) is 0 Å². The molecule has 1 aliphatic rings. The van der Waals surface area contributed by atoms with E-state index in [-0.39, 0.29) is 11.4 Å². The zero-order valence-corrected chi connectivity index (χ0v) is 9.04. The fourth-order valence-electron chi connectivity index (χ4n) is 2.51. The molecule has 0 radical (unpaired) electrons. The monoisotopic (exact) mass is 208 g/mol. The van der Waals surface area contributed by atoms with Gasteiger partial charge < -0.3 is 5.73 Å². The lowest BCUT2D eigenvalue weighted by molar-refractivity contribution is 0.183. The van der Waals surface area contributed by atoms with E-state index >= 15 is 0 Å². The molecule has 1 unspecified atom stereocenters. The van der Waals surface area contributed by atoms with Gasteiger partial charge in [0.05, 0.1) is 5.54 Å². The third-order valence-corrected chi connectivity index (χ3v) is 3.53. The van der Waals surface area contributed by atoms with Crippen LogP contribution < -0.4 is 5.73 Å². The lowest BCUT2D eigenvalue weighted by Crippen LogP contribution is -2.44. The summed E-state index contributed by atoms with van der Waals surface area (Å²) in [5.74, 6) is -0.188. The van der Waals surface area contributed by atoms with E-state index < -0.39 is 0 Å². The normalized spacial score (nSPS) is 27.1. The zero-order chi connectivity index (χ0) is 10.9. The van der Waals surface area contributed by atoms with E-state index in [0.717, 1.165) is 24.9 Å². The molecule has 3 heteroatoms. The Labute approximate surface area is 89.9 Å². The van der Waals surface area contributed by atoms with E-state index in [4.69, 9.17) is 5.73 Å². The Bertz CT molecular complexity index is 336. The van der Waals surface area contributed by atoms with E-state index in [9.17, 15) is 4.39 Å². The van der Waals surface area contributed by atoms with Crippen molar-refractivity contribution in [2.24, 2.45) is 5.73 Å². The standard InChI is InChI=1S/C12H17FN2/c1-15-8-2-7-12(15,9-14)10-3-5-11(13)6-4-10/h3-6H,2,7-9,14H2,1H3. The fraction of sp³-hybridized carbons (Fsp3) is 0.500. The second-order valence-corrected chi connectivity index (χ2v) is 4.27. The van der Waals surface area contributed by atoms with Crippen molar-refractivity contribution in [3.63, 3.8) is 0 Å². The van der Waals surface area contributed by atoms with Crippen LogP contribution >= 0.6 is 0 Å². The number of rotatable bonds is 2. The molecule has 0 amide bonds. The van der Waals surface area contributed by atoms with Gasteiger partial charge in [-0.2, -0.15) is 0 Å². The molecule has 1 fully saturated rings. The summed E-state index contributed by atoms with van der Waals surface area (Å²) in [5, 5.41) is 0. The molecule has 0 spiro atoms. The molecule has 1 atom stereocenters. The molecule has 2 rings (SSSR count). The van der Waals surface area contributed by atoms with Gasteiger partial charge in [0.1, 0.15) is 5.82 Å². The van der Waals surface area contributed by atoms with Gasteiger partial charge >= 0.3 is 0 Å². The van der Waals surface area contributed by atoms with Crippen LogP contribution in [-0.4, -0.2) is 25.0 Å². The SMILES string of the molecule is CN1CCCC1(CN)c1ccc(F)cc1. The number of benzene rings is 1. The van der Waals surface area contributed by atoms with Gasteiger partial charge in [0.25, 0.3) is 0 Å². The zero-order valence-electron chi connectivity index (χ0n) is 9.04. The van der Waals surface area contributed by atoms with Crippen LogP contribution in [-0.2, 0) is 5.54 Å². The summed E-state index contributed by atoms with van der Waals surface area (Å²) in [6.07, 6.45) is 2.22. The molecule has 1 aromatic carbocycles. The van der Waals surface area contributed by atoms with Crippen molar-refractivity contribution in [1.29, 1.82) is 0 Å². The van der Waals surface area contributed by atoms with Gasteiger partial charge in [-0.3, -0.25) is 4.90 Å². The first-order valence-corrected chi connectivity index (χ1v) is 5.36. The number of nitrogens with two attached hydrogens (primary N) is 1. The van der Waals surface area contributed by atoms with Gasteiger partial charge in [0, 0.05) is 6.54 Å². The minimum atomic E-state index is -0.188. The Kier molecular flexibility index (Phi) is 2.76. The molecule has 0 saturated carbocycles. The Morgan fingerprint density at radius 3 is 2.53 bits per heavy atom. The maximum Gasteiger partial charge on any atom is 0.123 e. The van der Waals surface area contributed by atoms with Crippen LogP contribution in [0.2, 0.25) is 0 Å². The second-order valence-electron chi connectivity index (χ2n) is 4.27. The molecule has 0 aromatic heterocycles. The van der Waals surface area contributed by atoms with Gasteiger partial charge in [-0.05, 0) is 44.1 Å². The van der Waals surface area contributed by atoms with Crippen molar-refractivity contribution in [2.45, 2.75) is 18.4 Å². The molecule has 0 aliphatic carbocycles. The second kappa shape index (κ2) is 3.91. The van der Waals surface area contributed by atoms with Gasteiger partial charge in [0.2, 0.25) is 0 Å². The van der Waals surface area contributed by atoms with E-state index in [1.54, 1.807) is 0 Å². The number of halogens is 1. The molecule has 0 bridgehead atoms. The lowest BCUT2D eigenvalue weighted by Gasteiger charge is -2.35. The molecular weight excluding hydrogens is 191 g/mol. The van der Waals surface area contributed by atoms with Crippen molar-refractivity contribution in [3.05, 3.63) is 35.6 Å². The van der Waals surface area contributed by atoms with E-state index in [1.807, 2.05) is 12.1 Å². The highest BCUT2D eigenvalue weighted by Gasteiger charge is 2.38. The number of hydrogen-bond donors (Lipinski definition) is 1. The van der Waals surface area contributed by atoms with E-state index in [1.165, 1.54) is 12.1 Å². The summed E-state index contributed by atoms with van der Waals surface area (Å²) in [6.45, 7) is 1.66. The first-order chi connectivity index (χ1) is 7.19. The average Bonchev–Trinajstić information content (AvgIpc) is 2.62. The molecule has 2 N–H and O–H groups in total. The Morgan fingerprint density at radius 1 is 1.40 bits per heavy atom. The Hall–Kier alpha value is -0.930. The van der Waals surface area contributed by atoms with Gasteiger partial charge in [-0.1, -0.05) is 12.1 Å². The summed E-state index contributed by atoms with van der Waals surface area (Å²) in [4.78, 5) is 2.28. The highest BCUT2D eigenvalue weighted by atomic mass is 19.1. The predicted molar refractivity (Wildman–Crippen MR) is 59.0 cm³/mol. The van der Waals surface area contributed by atoms with Gasteiger partial charge in [0.15, 0.2) is 0 Å². The van der Waals surface area contributed by atoms with E-state index in [2.05, 4.69) is 11.9 Å². The lowest BCUT2D eigenvalue weighted by atomic mass is 9.87. The van der Waals surface area contributed by atoms with Gasteiger partial charge in [-0.25, -0.2) is 4.39 Å². The number of nitrogens with zero attached hydrogens (tertiary/aromatic N) is 1. The molecule has 15 heavy (non-hydrogen) atoms. The number of likely N-dealkylation sites (tertiary alicyclic amines) is 1. The summed E-state index contributed by atoms with van der Waals surface area (Å²) in [5.41, 5.74) is 6.95. The van der Waals surface area contributed by atoms with Crippen molar-refractivity contribution in [3.8, 4) is 0 Å². The first-order valence-electron chi connectivity index (χ1n) is 5.36. The molecule has 82 valence electrons. The van der Waals surface area contributed by atoms with Crippen molar-refractivity contribution in [1.82, 2.24) is 4.90 Å². The fourth-order valence-corrected chi connectivity index (χ4v) is 2.51. The maximum absolute atomic E-state index is 12.9. The largest absolute Gasteiger partial charge is 0.328 e. The number of likely N-dealkylation sites (N-methyl/N-ethyl adjacent to an activating group) is 1. The summed E-state index contributed by atoms with van der Waals surface area (Å²) < 4.78 is 12.9. The smallest absolute Gasteiger partial charge is 0.123 e. The molecular formula is C12H17FN2.